The van der Waals surface area contributed by atoms with E-state index in [0.29, 0.717) is 18.8 Å². The lowest BCUT2D eigenvalue weighted by atomic mass is 10.2. The summed E-state index contributed by atoms with van der Waals surface area (Å²) in [5.41, 5.74) is 0.746. The lowest BCUT2D eigenvalue weighted by Crippen LogP contribution is -2.33. The molecule has 2 aromatic heterocycles. The van der Waals surface area contributed by atoms with Gasteiger partial charge in [-0.3, -0.25) is 4.79 Å². The topological polar surface area (TPSA) is 71.3 Å². The molecule has 0 aliphatic rings. The number of imidazole rings is 1. The van der Waals surface area contributed by atoms with Crippen LogP contribution in [0.2, 0.25) is 0 Å². The van der Waals surface area contributed by atoms with Gasteiger partial charge in [0.2, 0.25) is 5.91 Å². The van der Waals surface area contributed by atoms with E-state index in [1.807, 2.05) is 30.6 Å². The van der Waals surface area contributed by atoms with Gasteiger partial charge in [0.1, 0.15) is 4.60 Å². The van der Waals surface area contributed by atoms with Crippen molar-refractivity contribution in [2.75, 3.05) is 11.9 Å². The Morgan fingerprint density at radius 1 is 1.55 bits per heavy atom. The van der Waals surface area contributed by atoms with Crippen LogP contribution in [0, 0.1) is 0 Å². The number of nitrogens with one attached hydrogen (secondary N) is 2. The Bertz CT molecular complexity index is 597. The van der Waals surface area contributed by atoms with Gasteiger partial charge in [-0.15, -0.1) is 0 Å². The van der Waals surface area contributed by atoms with E-state index in [9.17, 15) is 4.79 Å². The zero-order chi connectivity index (χ0) is 14.5. The Morgan fingerprint density at radius 3 is 3.10 bits per heavy atom. The fourth-order valence-electron chi connectivity index (χ4n) is 1.76. The molecule has 0 aliphatic carbocycles. The molecule has 0 saturated carbocycles. The number of anilines is 1. The predicted molar refractivity (Wildman–Crippen MR) is 81.7 cm³/mol. The van der Waals surface area contributed by atoms with Gasteiger partial charge in [-0.25, -0.2) is 9.97 Å². The second-order valence-corrected chi connectivity index (χ2v) is 5.44. The molecular formula is C13H18BrN5O. The number of rotatable bonds is 6. The largest absolute Gasteiger partial charge is 0.366 e. The van der Waals surface area contributed by atoms with Crippen LogP contribution in [0.5, 0.6) is 0 Å². The van der Waals surface area contributed by atoms with Crippen LogP contribution < -0.4 is 10.6 Å². The Hall–Kier alpha value is -1.63. The van der Waals surface area contributed by atoms with Gasteiger partial charge in [0.25, 0.3) is 0 Å². The minimum absolute atomic E-state index is 0.0428. The lowest BCUT2D eigenvalue weighted by Gasteiger charge is -2.12. The van der Waals surface area contributed by atoms with E-state index < -0.39 is 0 Å². The molecule has 1 unspecified atom stereocenters. The van der Waals surface area contributed by atoms with Gasteiger partial charge in [0.15, 0.2) is 11.5 Å². The maximum atomic E-state index is 11.7. The maximum Gasteiger partial charge on any atom is 0.221 e. The Kier molecular flexibility index (Phi) is 4.94. The summed E-state index contributed by atoms with van der Waals surface area (Å²) in [5, 5.41) is 6.08. The van der Waals surface area contributed by atoms with Crippen LogP contribution in [0.25, 0.3) is 5.65 Å². The summed E-state index contributed by atoms with van der Waals surface area (Å²) >= 11 is 3.35. The second-order valence-electron chi connectivity index (χ2n) is 4.62. The summed E-state index contributed by atoms with van der Waals surface area (Å²) in [6, 6.07) is 0.213. The first-order valence-electron chi connectivity index (χ1n) is 6.62. The number of nitrogens with zero attached hydrogens (tertiary/aromatic N) is 3. The number of fused-ring (bicyclic) bond motifs is 1. The number of aromatic nitrogens is 3. The molecule has 0 radical (unpaired) electrons. The van der Waals surface area contributed by atoms with E-state index in [2.05, 4.69) is 36.5 Å². The second kappa shape index (κ2) is 6.69. The molecule has 20 heavy (non-hydrogen) atoms. The Labute approximate surface area is 126 Å². The third-order valence-corrected chi connectivity index (χ3v) is 3.39. The van der Waals surface area contributed by atoms with E-state index in [0.717, 1.165) is 16.7 Å². The number of carbonyl (C=O) groups excluding carboxylic acids is 1. The smallest absolute Gasteiger partial charge is 0.221 e. The molecule has 6 nitrogen and oxygen atoms in total. The Balaban J connectivity index is 1.93. The molecule has 0 spiro atoms. The van der Waals surface area contributed by atoms with Crippen molar-refractivity contribution in [3.05, 3.63) is 23.2 Å². The quantitative estimate of drug-likeness (QED) is 0.846. The van der Waals surface area contributed by atoms with Crippen LogP contribution in [-0.4, -0.2) is 32.9 Å². The third kappa shape index (κ3) is 3.69. The summed E-state index contributed by atoms with van der Waals surface area (Å²) in [6.45, 7) is 4.56. The summed E-state index contributed by atoms with van der Waals surface area (Å²) in [7, 11) is 0. The summed E-state index contributed by atoms with van der Waals surface area (Å²) in [5.74, 6) is 0.710. The van der Waals surface area contributed by atoms with E-state index in [4.69, 9.17) is 0 Å². The van der Waals surface area contributed by atoms with E-state index in [-0.39, 0.29) is 11.9 Å². The fourth-order valence-corrected chi connectivity index (χ4v) is 2.16. The lowest BCUT2D eigenvalue weighted by molar-refractivity contribution is -0.121. The molecule has 7 heteroatoms. The molecule has 108 valence electrons. The van der Waals surface area contributed by atoms with Gasteiger partial charge in [0.05, 0.1) is 0 Å². The number of hydrogen-bond acceptors (Lipinski definition) is 4. The first kappa shape index (κ1) is 14.8. The standard InChI is InChI=1S/C13H18BrN5O/c1-3-9(2)17-11(20)4-5-15-12-13-16-6-7-19(13)8-10(14)18-12/h6-9H,3-5H2,1-2H3,(H,15,18)(H,17,20). The van der Waals surface area contributed by atoms with Crippen molar-refractivity contribution in [1.82, 2.24) is 19.7 Å². The first-order valence-corrected chi connectivity index (χ1v) is 7.42. The van der Waals surface area contributed by atoms with Crippen LogP contribution in [-0.2, 0) is 4.79 Å². The van der Waals surface area contributed by atoms with E-state index in [1.54, 1.807) is 6.20 Å². The van der Waals surface area contributed by atoms with E-state index >= 15 is 0 Å². The van der Waals surface area contributed by atoms with Crippen molar-refractivity contribution in [3.8, 4) is 0 Å². The van der Waals surface area contributed by atoms with Crippen LogP contribution in [0.15, 0.2) is 23.2 Å². The van der Waals surface area contributed by atoms with Gasteiger partial charge >= 0.3 is 0 Å². The summed E-state index contributed by atoms with van der Waals surface area (Å²) in [6.07, 6.45) is 6.74. The molecule has 0 aliphatic heterocycles. The SMILES string of the molecule is CCC(C)NC(=O)CCNc1nc(Br)cn2ccnc12. The molecule has 2 N–H and O–H groups in total. The van der Waals surface area contributed by atoms with E-state index in [1.165, 1.54) is 0 Å². The van der Waals surface area contributed by atoms with Crippen molar-refractivity contribution < 1.29 is 4.79 Å². The van der Waals surface area contributed by atoms with Gasteiger partial charge in [-0.05, 0) is 29.3 Å². The molecule has 1 atom stereocenters. The predicted octanol–water partition coefficient (Wildman–Crippen LogP) is 2.21. The minimum Gasteiger partial charge on any atom is -0.366 e. The number of hydrogen-bond donors (Lipinski definition) is 2. The molecular weight excluding hydrogens is 322 g/mol. The molecule has 0 bridgehead atoms. The average Bonchev–Trinajstić information content (AvgIpc) is 2.86. The van der Waals surface area contributed by atoms with Crippen molar-refractivity contribution in [2.24, 2.45) is 0 Å². The van der Waals surface area contributed by atoms with Gasteiger partial charge in [-0.2, -0.15) is 0 Å². The molecule has 2 rings (SSSR count). The van der Waals surface area contributed by atoms with Gasteiger partial charge in [-0.1, -0.05) is 6.92 Å². The van der Waals surface area contributed by atoms with Crippen molar-refractivity contribution >= 4 is 33.3 Å². The monoisotopic (exact) mass is 339 g/mol. The molecule has 1 amide bonds. The zero-order valence-corrected chi connectivity index (χ0v) is 13.1. The molecule has 0 fully saturated rings. The molecule has 0 saturated heterocycles. The number of halogens is 1. The van der Waals surface area contributed by atoms with Crippen LogP contribution in [0.1, 0.15) is 26.7 Å². The Morgan fingerprint density at radius 2 is 2.35 bits per heavy atom. The molecule has 2 aromatic rings. The first-order chi connectivity index (χ1) is 9.60. The third-order valence-electron chi connectivity index (χ3n) is 3.01. The van der Waals surface area contributed by atoms with Crippen molar-refractivity contribution in [1.29, 1.82) is 0 Å². The van der Waals surface area contributed by atoms with Crippen LogP contribution in [0.4, 0.5) is 5.82 Å². The summed E-state index contributed by atoms with van der Waals surface area (Å²) in [4.78, 5) is 20.3. The zero-order valence-electron chi connectivity index (χ0n) is 11.6. The number of carbonyl (C=O) groups is 1. The normalized spacial score (nSPS) is 12.3. The van der Waals surface area contributed by atoms with Gasteiger partial charge in [0, 0.05) is 37.6 Å². The highest BCUT2D eigenvalue weighted by Gasteiger charge is 2.08. The highest BCUT2D eigenvalue weighted by atomic mass is 79.9. The minimum atomic E-state index is 0.0428. The molecule has 2 heterocycles. The fraction of sp³-hybridized carbons (Fsp3) is 0.462. The number of amides is 1. The van der Waals surface area contributed by atoms with Crippen LogP contribution >= 0.6 is 15.9 Å². The van der Waals surface area contributed by atoms with Crippen molar-refractivity contribution in [2.45, 2.75) is 32.7 Å². The van der Waals surface area contributed by atoms with Crippen LogP contribution in [0.3, 0.4) is 0 Å². The highest BCUT2D eigenvalue weighted by molar-refractivity contribution is 9.10. The molecule has 0 aromatic carbocycles. The highest BCUT2D eigenvalue weighted by Crippen LogP contribution is 2.16. The maximum absolute atomic E-state index is 11.7. The average molecular weight is 340 g/mol. The summed E-state index contributed by atoms with van der Waals surface area (Å²) < 4.78 is 2.59. The van der Waals surface area contributed by atoms with Gasteiger partial charge < -0.3 is 15.0 Å². The van der Waals surface area contributed by atoms with Crippen molar-refractivity contribution in [3.63, 3.8) is 0 Å².